The molecule has 1 aromatic carbocycles. The third kappa shape index (κ3) is 8.34. The average Bonchev–Trinajstić information content (AvgIpc) is 2.54. The summed E-state index contributed by atoms with van der Waals surface area (Å²) in [6, 6.07) is 8.68. The summed E-state index contributed by atoms with van der Waals surface area (Å²) < 4.78 is 28.8. The molecular formula is C18H27O6P. The van der Waals surface area contributed by atoms with Crippen molar-refractivity contribution in [3.63, 3.8) is 0 Å². The van der Waals surface area contributed by atoms with Gasteiger partial charge in [0.2, 0.25) is 6.79 Å². The van der Waals surface area contributed by atoms with Crippen molar-refractivity contribution in [2.24, 2.45) is 5.41 Å². The average molecular weight is 370 g/mol. The van der Waals surface area contributed by atoms with Crippen LogP contribution in [0.15, 0.2) is 42.0 Å². The zero-order valence-corrected chi connectivity index (χ0v) is 16.1. The number of allylic oxidation sites excluding steroid dienone is 1. The maximum Gasteiger partial charge on any atom is 0.382 e. The first-order valence-electron chi connectivity index (χ1n) is 8.08. The first-order valence-corrected chi connectivity index (χ1v) is 9.81. The number of esters is 1. The summed E-state index contributed by atoms with van der Waals surface area (Å²) in [5.74, 6) is -0.0365. The quantitative estimate of drug-likeness (QED) is 0.304. The Morgan fingerprint density at radius 2 is 1.88 bits per heavy atom. The molecule has 0 bridgehead atoms. The van der Waals surface area contributed by atoms with Gasteiger partial charge in [0.1, 0.15) is 5.75 Å². The van der Waals surface area contributed by atoms with E-state index in [9.17, 15) is 9.36 Å². The number of carbonyl (C=O) groups is 1. The zero-order chi connectivity index (χ0) is 18.9. The molecule has 1 aromatic rings. The highest BCUT2D eigenvalue weighted by molar-refractivity contribution is 7.54. The van der Waals surface area contributed by atoms with Crippen LogP contribution in [0.4, 0.5) is 0 Å². The first kappa shape index (κ1) is 21.4. The molecule has 0 aliphatic rings. The van der Waals surface area contributed by atoms with E-state index in [0.29, 0.717) is 12.2 Å². The largest absolute Gasteiger partial charge is 0.438 e. The Morgan fingerprint density at radius 1 is 1.24 bits per heavy atom. The predicted molar refractivity (Wildman–Crippen MR) is 96.5 cm³/mol. The van der Waals surface area contributed by atoms with Gasteiger partial charge < -0.3 is 14.4 Å². The summed E-state index contributed by atoms with van der Waals surface area (Å²) in [4.78, 5) is 11.8. The summed E-state index contributed by atoms with van der Waals surface area (Å²) in [6.07, 6.45) is 2.28. The van der Waals surface area contributed by atoms with Gasteiger partial charge in [-0.2, -0.15) is 0 Å². The molecule has 1 atom stereocenters. The van der Waals surface area contributed by atoms with Crippen LogP contribution in [0.1, 0.15) is 34.1 Å². The van der Waals surface area contributed by atoms with E-state index in [0.717, 1.165) is 5.57 Å². The van der Waals surface area contributed by atoms with E-state index in [-0.39, 0.29) is 12.8 Å². The molecule has 0 saturated carbocycles. The molecule has 0 aliphatic heterocycles. The maximum absolute atomic E-state index is 13.0. The fourth-order valence-electron chi connectivity index (χ4n) is 1.69. The molecule has 0 spiro atoms. The number of para-hydroxylation sites is 1. The summed E-state index contributed by atoms with van der Waals surface area (Å²) in [6.45, 7) is 6.43. The van der Waals surface area contributed by atoms with Crippen LogP contribution in [0.2, 0.25) is 0 Å². The molecule has 0 fully saturated rings. The molecule has 0 aromatic heterocycles. The summed E-state index contributed by atoms with van der Waals surface area (Å²) in [5.41, 5.74) is 0.0969. The molecule has 1 unspecified atom stereocenters. The molecule has 1 N–H and O–H groups in total. The SMILES string of the molecule is CC(=CCCP(=O)(OCOC(=O)C(C)(C)C)Oc1ccccc1)CO. The third-order valence-corrected chi connectivity index (χ3v) is 4.98. The van der Waals surface area contributed by atoms with Crippen molar-refractivity contribution in [2.75, 3.05) is 19.6 Å². The molecule has 140 valence electrons. The molecule has 1 rings (SSSR count). The normalized spacial score (nSPS) is 14.7. The number of benzene rings is 1. The Morgan fingerprint density at radius 3 is 2.44 bits per heavy atom. The smallest absolute Gasteiger partial charge is 0.382 e. The monoisotopic (exact) mass is 370 g/mol. The van der Waals surface area contributed by atoms with Crippen LogP contribution in [-0.4, -0.2) is 30.6 Å². The highest BCUT2D eigenvalue weighted by atomic mass is 31.2. The van der Waals surface area contributed by atoms with E-state index in [1.807, 2.05) is 6.07 Å². The summed E-state index contributed by atoms with van der Waals surface area (Å²) >= 11 is 0. The lowest BCUT2D eigenvalue weighted by Crippen LogP contribution is -2.24. The van der Waals surface area contributed by atoms with Gasteiger partial charge in [-0.15, -0.1) is 0 Å². The maximum atomic E-state index is 13.0. The fraction of sp³-hybridized carbons (Fsp3) is 0.500. The minimum Gasteiger partial charge on any atom is -0.438 e. The molecule has 6 nitrogen and oxygen atoms in total. The Kier molecular flexibility index (Phi) is 8.36. The van der Waals surface area contributed by atoms with Gasteiger partial charge in [0.15, 0.2) is 0 Å². The number of rotatable bonds is 9. The number of ether oxygens (including phenoxy) is 1. The molecule has 0 heterocycles. The van der Waals surface area contributed by atoms with Gasteiger partial charge in [0.05, 0.1) is 18.2 Å². The standard InChI is InChI=1S/C18H27O6P/c1-15(13-19)9-8-12-25(21,24-16-10-6-5-7-11-16)23-14-22-17(20)18(2,3)4/h5-7,9-11,19H,8,12-14H2,1-4H3. The van der Waals surface area contributed by atoms with Crippen molar-refractivity contribution in [1.29, 1.82) is 0 Å². The molecule has 7 heteroatoms. The van der Waals surface area contributed by atoms with Crippen molar-refractivity contribution >= 4 is 13.6 Å². The highest BCUT2D eigenvalue weighted by Gasteiger charge is 2.28. The summed E-state index contributed by atoms with van der Waals surface area (Å²) in [7, 11) is -3.52. The topological polar surface area (TPSA) is 82.1 Å². The first-order chi connectivity index (χ1) is 11.7. The fourth-order valence-corrected chi connectivity index (χ4v) is 3.06. The number of aliphatic hydroxyl groups is 1. The van der Waals surface area contributed by atoms with Crippen molar-refractivity contribution in [2.45, 2.75) is 34.1 Å². The number of carbonyl (C=O) groups excluding carboxylic acids is 1. The molecule has 0 saturated heterocycles. The summed E-state index contributed by atoms with van der Waals surface area (Å²) in [5, 5.41) is 9.02. The molecule has 25 heavy (non-hydrogen) atoms. The lowest BCUT2D eigenvalue weighted by Gasteiger charge is -2.21. The number of aliphatic hydroxyl groups excluding tert-OH is 1. The molecule has 0 amide bonds. The highest BCUT2D eigenvalue weighted by Crippen LogP contribution is 2.49. The number of hydrogen-bond donors (Lipinski definition) is 1. The van der Waals surface area contributed by atoms with E-state index in [4.69, 9.17) is 18.9 Å². The van der Waals surface area contributed by atoms with Crippen LogP contribution in [0.25, 0.3) is 0 Å². The minimum absolute atomic E-state index is 0.0616. The third-order valence-electron chi connectivity index (χ3n) is 3.18. The van der Waals surface area contributed by atoms with E-state index in [1.165, 1.54) is 0 Å². The molecule has 0 aliphatic carbocycles. The van der Waals surface area contributed by atoms with E-state index < -0.39 is 25.8 Å². The number of hydrogen-bond acceptors (Lipinski definition) is 6. The van der Waals surface area contributed by atoms with Gasteiger partial charge in [-0.1, -0.05) is 29.8 Å². The molecular weight excluding hydrogens is 343 g/mol. The van der Waals surface area contributed by atoms with E-state index >= 15 is 0 Å². The minimum atomic E-state index is -3.52. The Bertz CT molecular complexity index is 618. The van der Waals surface area contributed by atoms with Gasteiger partial charge in [0, 0.05) is 0 Å². The lowest BCUT2D eigenvalue weighted by molar-refractivity contribution is -0.159. The van der Waals surface area contributed by atoms with Gasteiger partial charge >= 0.3 is 13.6 Å². The van der Waals surface area contributed by atoms with Crippen molar-refractivity contribution in [3.05, 3.63) is 42.0 Å². The van der Waals surface area contributed by atoms with Crippen LogP contribution in [0.5, 0.6) is 5.75 Å². The lowest BCUT2D eigenvalue weighted by atomic mass is 9.98. The second kappa shape index (κ2) is 9.76. The Labute approximate surface area is 149 Å². The molecule has 0 radical (unpaired) electrons. The van der Waals surface area contributed by atoms with Gasteiger partial charge in [0.25, 0.3) is 0 Å². The Hall–Kier alpha value is -1.62. The zero-order valence-electron chi connectivity index (χ0n) is 15.2. The van der Waals surface area contributed by atoms with Crippen molar-refractivity contribution in [1.82, 2.24) is 0 Å². The van der Waals surface area contributed by atoms with Crippen LogP contribution < -0.4 is 4.52 Å². The van der Waals surface area contributed by atoms with Crippen molar-refractivity contribution in [3.8, 4) is 5.75 Å². The van der Waals surface area contributed by atoms with E-state index in [1.54, 1.807) is 58.0 Å². The van der Waals surface area contributed by atoms with Crippen LogP contribution >= 0.6 is 7.60 Å². The van der Waals surface area contributed by atoms with Gasteiger partial charge in [-0.25, -0.2) is 4.57 Å². The second-order valence-corrected chi connectivity index (χ2v) is 8.77. The Balaban J connectivity index is 2.73. The van der Waals surface area contributed by atoms with Crippen LogP contribution in [0.3, 0.4) is 0 Å². The van der Waals surface area contributed by atoms with Crippen LogP contribution in [-0.2, 0) is 18.6 Å². The van der Waals surface area contributed by atoms with Gasteiger partial charge in [-0.3, -0.25) is 9.32 Å². The van der Waals surface area contributed by atoms with Crippen molar-refractivity contribution < 1.29 is 28.3 Å². The van der Waals surface area contributed by atoms with E-state index in [2.05, 4.69) is 0 Å². The second-order valence-electron chi connectivity index (χ2n) is 6.66. The van der Waals surface area contributed by atoms with Gasteiger partial charge in [-0.05, 0) is 46.2 Å². The van der Waals surface area contributed by atoms with Crippen LogP contribution in [0, 0.1) is 5.41 Å². The predicted octanol–water partition coefficient (Wildman–Crippen LogP) is 4.15.